The first kappa shape index (κ1) is 20.4. The molecule has 6 nitrogen and oxygen atoms in total. The highest BCUT2D eigenvalue weighted by atomic mass is 32.2. The zero-order valence-corrected chi connectivity index (χ0v) is 18.3. The van der Waals surface area contributed by atoms with Gasteiger partial charge in [-0.25, -0.2) is 12.7 Å². The molecule has 1 atom stereocenters. The Hall–Kier alpha value is -2.84. The number of para-hydroxylation sites is 3. The van der Waals surface area contributed by atoms with E-state index in [-0.39, 0.29) is 10.1 Å². The second kappa shape index (κ2) is 8.12. The molecule has 0 spiro atoms. The van der Waals surface area contributed by atoms with Gasteiger partial charge in [0.25, 0.3) is 15.9 Å². The Morgan fingerprint density at radius 1 is 1.10 bits per heavy atom. The van der Waals surface area contributed by atoms with E-state index in [0.717, 1.165) is 29.0 Å². The van der Waals surface area contributed by atoms with Crippen molar-refractivity contribution in [2.75, 3.05) is 22.9 Å². The molecule has 0 N–H and O–H groups in total. The van der Waals surface area contributed by atoms with Gasteiger partial charge >= 0.3 is 0 Å². The highest BCUT2D eigenvalue weighted by Crippen LogP contribution is 2.36. The van der Waals surface area contributed by atoms with Gasteiger partial charge in [0.2, 0.25) is 0 Å². The summed E-state index contributed by atoms with van der Waals surface area (Å²) in [5, 5.41) is 1.70. The zero-order chi connectivity index (χ0) is 21.3. The Morgan fingerprint density at radius 2 is 1.83 bits per heavy atom. The standard InChI is InChI=1S/C22H22N2O4S2/c1-16(22(25)23-14-13-17-8-3-4-9-18(17)23)24(19-10-5-6-11-20(19)28-2)30(26,27)21-12-7-15-29-21/h3-12,15-16H,13-14H2,1-2H3/t16-/m1/s1. The minimum absolute atomic E-state index is 0.176. The summed E-state index contributed by atoms with van der Waals surface area (Å²) in [6.07, 6.45) is 0.751. The van der Waals surface area contributed by atoms with Gasteiger partial charge in [0.05, 0.1) is 12.8 Å². The number of ether oxygens (including phenoxy) is 1. The molecule has 0 unspecified atom stereocenters. The summed E-state index contributed by atoms with van der Waals surface area (Å²) >= 11 is 1.12. The minimum atomic E-state index is -3.97. The second-order valence-electron chi connectivity index (χ2n) is 6.95. The number of carbonyl (C=O) groups excluding carboxylic acids is 1. The molecule has 156 valence electrons. The summed E-state index contributed by atoms with van der Waals surface area (Å²) < 4.78 is 33.9. The summed E-state index contributed by atoms with van der Waals surface area (Å²) in [6.45, 7) is 2.15. The normalized spacial score (nSPS) is 14.3. The van der Waals surface area contributed by atoms with Crippen LogP contribution in [-0.2, 0) is 21.2 Å². The van der Waals surface area contributed by atoms with Crippen LogP contribution in [0.2, 0.25) is 0 Å². The van der Waals surface area contributed by atoms with E-state index in [1.54, 1.807) is 53.6 Å². The monoisotopic (exact) mass is 442 g/mol. The van der Waals surface area contributed by atoms with Crippen LogP contribution in [0.1, 0.15) is 12.5 Å². The van der Waals surface area contributed by atoms with Crippen LogP contribution >= 0.6 is 11.3 Å². The number of hydrogen-bond donors (Lipinski definition) is 0. The number of anilines is 2. The van der Waals surface area contributed by atoms with Crippen LogP contribution in [0.25, 0.3) is 0 Å². The SMILES string of the molecule is COc1ccccc1N([C@H](C)C(=O)N1CCc2ccccc21)S(=O)(=O)c1cccs1. The zero-order valence-electron chi connectivity index (χ0n) is 16.7. The predicted octanol–water partition coefficient (Wildman–Crippen LogP) is 3.93. The highest BCUT2D eigenvalue weighted by Gasteiger charge is 2.39. The molecule has 0 aliphatic carbocycles. The van der Waals surface area contributed by atoms with Crippen LogP contribution in [0.5, 0.6) is 5.75 Å². The quantitative estimate of drug-likeness (QED) is 0.580. The fourth-order valence-electron chi connectivity index (χ4n) is 3.76. The minimum Gasteiger partial charge on any atom is -0.495 e. The Kier molecular flexibility index (Phi) is 5.53. The lowest BCUT2D eigenvalue weighted by Crippen LogP contribution is -2.49. The lowest BCUT2D eigenvalue weighted by atomic mass is 10.2. The number of thiophene rings is 1. The van der Waals surface area contributed by atoms with Crippen molar-refractivity contribution in [3.8, 4) is 5.75 Å². The van der Waals surface area contributed by atoms with Crippen molar-refractivity contribution in [3.05, 3.63) is 71.6 Å². The molecule has 1 aliphatic heterocycles. The molecule has 3 aromatic rings. The lowest BCUT2D eigenvalue weighted by Gasteiger charge is -2.32. The van der Waals surface area contributed by atoms with Gasteiger partial charge in [-0.05, 0) is 48.6 Å². The molecule has 1 aromatic heterocycles. The van der Waals surface area contributed by atoms with E-state index in [0.29, 0.717) is 18.0 Å². The number of rotatable bonds is 6. The summed E-state index contributed by atoms with van der Waals surface area (Å²) in [7, 11) is -2.49. The van der Waals surface area contributed by atoms with Gasteiger partial charge in [0.15, 0.2) is 0 Å². The fourth-order valence-corrected chi connectivity index (χ4v) is 6.46. The van der Waals surface area contributed by atoms with E-state index in [1.165, 1.54) is 11.4 Å². The molecule has 0 radical (unpaired) electrons. The molecular weight excluding hydrogens is 420 g/mol. The number of carbonyl (C=O) groups is 1. The molecule has 1 amide bonds. The van der Waals surface area contributed by atoms with Crippen molar-refractivity contribution in [2.45, 2.75) is 23.6 Å². The average Bonchev–Trinajstić information content (AvgIpc) is 3.44. The first-order valence-corrected chi connectivity index (χ1v) is 11.9. The number of methoxy groups -OCH3 is 1. The summed E-state index contributed by atoms with van der Waals surface area (Å²) in [6, 6.07) is 16.8. The molecular formula is C22H22N2O4S2. The molecule has 30 heavy (non-hydrogen) atoms. The Bertz CT molecular complexity index is 1160. The van der Waals surface area contributed by atoms with Gasteiger partial charge in [-0.1, -0.05) is 36.4 Å². The summed E-state index contributed by atoms with van der Waals surface area (Å²) in [5.74, 6) is 0.116. The molecule has 2 aromatic carbocycles. The Labute approximate surface area is 180 Å². The number of benzene rings is 2. The fraction of sp³-hybridized carbons (Fsp3) is 0.227. The van der Waals surface area contributed by atoms with Crippen LogP contribution in [-0.4, -0.2) is 34.0 Å². The van der Waals surface area contributed by atoms with Crippen molar-refractivity contribution in [3.63, 3.8) is 0 Å². The third kappa shape index (κ3) is 3.46. The van der Waals surface area contributed by atoms with E-state index in [4.69, 9.17) is 4.74 Å². The maximum absolute atomic E-state index is 13.6. The van der Waals surface area contributed by atoms with Crippen LogP contribution in [0.3, 0.4) is 0 Å². The molecule has 0 saturated heterocycles. The first-order chi connectivity index (χ1) is 14.4. The highest BCUT2D eigenvalue weighted by molar-refractivity contribution is 7.94. The third-order valence-electron chi connectivity index (χ3n) is 5.19. The van der Waals surface area contributed by atoms with E-state index >= 15 is 0 Å². The van der Waals surface area contributed by atoms with Gasteiger partial charge in [-0.3, -0.25) is 4.79 Å². The molecule has 1 aliphatic rings. The molecule has 2 heterocycles. The van der Waals surface area contributed by atoms with E-state index in [2.05, 4.69) is 0 Å². The molecule has 0 bridgehead atoms. The van der Waals surface area contributed by atoms with Gasteiger partial charge in [0, 0.05) is 12.2 Å². The number of nitrogens with zero attached hydrogens (tertiary/aromatic N) is 2. The Balaban J connectivity index is 1.79. The molecule has 0 fully saturated rings. The average molecular weight is 443 g/mol. The third-order valence-corrected chi connectivity index (χ3v) is 8.45. The van der Waals surface area contributed by atoms with Crippen LogP contribution in [0.15, 0.2) is 70.3 Å². The van der Waals surface area contributed by atoms with Gasteiger partial charge in [-0.15, -0.1) is 11.3 Å². The number of fused-ring (bicyclic) bond motifs is 1. The number of amides is 1. The van der Waals surface area contributed by atoms with Crippen LogP contribution in [0, 0.1) is 0 Å². The first-order valence-electron chi connectivity index (χ1n) is 9.55. The molecule has 8 heteroatoms. The summed E-state index contributed by atoms with van der Waals surface area (Å²) in [5.41, 5.74) is 2.26. The molecule has 4 rings (SSSR count). The van der Waals surface area contributed by atoms with E-state index < -0.39 is 16.1 Å². The maximum Gasteiger partial charge on any atom is 0.274 e. The number of hydrogen-bond acceptors (Lipinski definition) is 5. The van der Waals surface area contributed by atoms with Crippen molar-refractivity contribution >= 4 is 38.6 Å². The largest absolute Gasteiger partial charge is 0.495 e. The smallest absolute Gasteiger partial charge is 0.274 e. The maximum atomic E-state index is 13.6. The lowest BCUT2D eigenvalue weighted by molar-refractivity contribution is -0.119. The van der Waals surface area contributed by atoms with Crippen molar-refractivity contribution in [1.82, 2.24) is 0 Å². The van der Waals surface area contributed by atoms with E-state index in [9.17, 15) is 13.2 Å². The molecule has 0 saturated carbocycles. The number of sulfonamides is 1. The van der Waals surface area contributed by atoms with Gasteiger partial charge in [0.1, 0.15) is 16.0 Å². The Morgan fingerprint density at radius 3 is 2.57 bits per heavy atom. The van der Waals surface area contributed by atoms with Crippen molar-refractivity contribution < 1.29 is 17.9 Å². The predicted molar refractivity (Wildman–Crippen MR) is 119 cm³/mol. The van der Waals surface area contributed by atoms with Crippen molar-refractivity contribution in [2.24, 2.45) is 0 Å². The van der Waals surface area contributed by atoms with E-state index in [1.807, 2.05) is 24.3 Å². The van der Waals surface area contributed by atoms with Crippen molar-refractivity contribution in [1.29, 1.82) is 0 Å². The van der Waals surface area contributed by atoms with Crippen LogP contribution < -0.4 is 13.9 Å². The van der Waals surface area contributed by atoms with Gasteiger partial charge in [-0.2, -0.15) is 0 Å². The van der Waals surface area contributed by atoms with Crippen LogP contribution in [0.4, 0.5) is 11.4 Å². The second-order valence-corrected chi connectivity index (χ2v) is 9.94. The van der Waals surface area contributed by atoms with Gasteiger partial charge < -0.3 is 9.64 Å². The summed E-state index contributed by atoms with van der Waals surface area (Å²) in [4.78, 5) is 15.2. The topological polar surface area (TPSA) is 66.9 Å².